The minimum atomic E-state index is -0.374. The zero-order chi connectivity index (χ0) is 28.1. The van der Waals surface area contributed by atoms with E-state index in [1.54, 1.807) is 0 Å². The minimum absolute atomic E-state index is 0.374. The molecule has 2 aliphatic carbocycles. The van der Waals surface area contributed by atoms with Gasteiger partial charge in [0.05, 0.1) is 16.4 Å². The van der Waals surface area contributed by atoms with Crippen LogP contribution in [0.4, 0.5) is 0 Å². The Morgan fingerprint density at radius 1 is 0.558 bits per heavy atom. The average Bonchev–Trinajstić information content (AvgIpc) is 3.79. The summed E-state index contributed by atoms with van der Waals surface area (Å²) in [5.41, 5.74) is 13.4. The number of para-hydroxylation sites is 3. The molecule has 0 amide bonds. The number of thiophene rings is 1. The standard InChI is InChI=1S/C40H24N2S/c1-2-12-26(13-3-1)42-35-20-10-9-19-34(35)41-39(42)25-22-23-28-27-14-4-7-17-31(27)40(33(28)24-25)32-18-8-5-15-29(32)37-30-16-6-11-21-36(30)43-38(37)40/h1-24H. The molecule has 8 aromatic rings. The summed E-state index contributed by atoms with van der Waals surface area (Å²) in [6, 6.07) is 53.1. The van der Waals surface area contributed by atoms with E-state index in [2.05, 4.69) is 150 Å². The highest BCUT2D eigenvalue weighted by Gasteiger charge is 2.53. The summed E-state index contributed by atoms with van der Waals surface area (Å²) in [5, 5.41) is 1.35. The largest absolute Gasteiger partial charge is 0.292 e. The second kappa shape index (κ2) is 8.41. The molecule has 2 heterocycles. The van der Waals surface area contributed by atoms with E-state index >= 15 is 0 Å². The monoisotopic (exact) mass is 564 g/mol. The molecule has 1 atom stereocenters. The summed E-state index contributed by atoms with van der Waals surface area (Å²) in [5.74, 6) is 0.962. The Morgan fingerprint density at radius 2 is 1.23 bits per heavy atom. The van der Waals surface area contributed by atoms with Crippen LogP contribution in [-0.4, -0.2) is 9.55 Å². The topological polar surface area (TPSA) is 17.8 Å². The molecule has 6 aromatic carbocycles. The third-order valence-corrected chi connectivity index (χ3v) is 10.7. The molecule has 200 valence electrons. The van der Waals surface area contributed by atoms with E-state index in [0.29, 0.717) is 0 Å². The SMILES string of the molecule is c1ccc(-n2c(-c3ccc4c(c3)C3(c5ccccc5-4)c4ccccc4-c4c3sc3ccccc43)nc3ccccc32)cc1. The highest BCUT2D eigenvalue weighted by atomic mass is 32.1. The van der Waals surface area contributed by atoms with Gasteiger partial charge in [0.15, 0.2) is 0 Å². The second-order valence-corrected chi connectivity index (χ2v) is 12.6. The van der Waals surface area contributed by atoms with Crippen LogP contribution in [0.3, 0.4) is 0 Å². The normalized spacial score (nSPS) is 16.0. The van der Waals surface area contributed by atoms with Crippen molar-refractivity contribution in [2.75, 3.05) is 0 Å². The van der Waals surface area contributed by atoms with Crippen molar-refractivity contribution in [3.8, 4) is 39.3 Å². The lowest BCUT2D eigenvalue weighted by molar-refractivity contribution is 0.811. The van der Waals surface area contributed by atoms with Gasteiger partial charge in [-0.25, -0.2) is 4.98 Å². The van der Waals surface area contributed by atoms with Crippen molar-refractivity contribution >= 4 is 32.5 Å². The van der Waals surface area contributed by atoms with E-state index in [1.165, 1.54) is 53.9 Å². The summed E-state index contributed by atoms with van der Waals surface area (Å²) in [7, 11) is 0. The Bertz CT molecular complexity index is 2410. The molecule has 2 aliphatic rings. The van der Waals surface area contributed by atoms with E-state index in [-0.39, 0.29) is 5.41 Å². The van der Waals surface area contributed by atoms with Gasteiger partial charge in [0.25, 0.3) is 0 Å². The van der Waals surface area contributed by atoms with Crippen LogP contribution >= 0.6 is 11.3 Å². The van der Waals surface area contributed by atoms with Crippen molar-refractivity contribution < 1.29 is 0 Å². The first-order chi connectivity index (χ1) is 21.3. The van der Waals surface area contributed by atoms with Crippen LogP contribution < -0.4 is 0 Å². The van der Waals surface area contributed by atoms with Crippen LogP contribution in [0.5, 0.6) is 0 Å². The summed E-state index contributed by atoms with van der Waals surface area (Å²) in [6.07, 6.45) is 0. The molecule has 3 heteroatoms. The zero-order valence-electron chi connectivity index (χ0n) is 23.2. The molecule has 1 unspecified atom stereocenters. The van der Waals surface area contributed by atoms with Gasteiger partial charge in [-0.15, -0.1) is 11.3 Å². The van der Waals surface area contributed by atoms with E-state index in [9.17, 15) is 0 Å². The van der Waals surface area contributed by atoms with Gasteiger partial charge >= 0.3 is 0 Å². The van der Waals surface area contributed by atoms with Crippen LogP contribution in [0, 0.1) is 0 Å². The first-order valence-electron chi connectivity index (χ1n) is 14.7. The highest BCUT2D eigenvalue weighted by molar-refractivity contribution is 7.20. The van der Waals surface area contributed by atoms with Gasteiger partial charge in [0.2, 0.25) is 0 Å². The van der Waals surface area contributed by atoms with Crippen molar-refractivity contribution in [3.05, 3.63) is 167 Å². The lowest BCUT2D eigenvalue weighted by atomic mass is 9.73. The van der Waals surface area contributed by atoms with Gasteiger partial charge in [-0.3, -0.25) is 4.57 Å². The number of hydrogen-bond donors (Lipinski definition) is 0. The van der Waals surface area contributed by atoms with E-state index in [0.717, 1.165) is 28.1 Å². The molecule has 0 saturated carbocycles. The fourth-order valence-electron chi connectivity index (χ4n) is 7.74. The summed E-state index contributed by atoms with van der Waals surface area (Å²) < 4.78 is 3.65. The highest BCUT2D eigenvalue weighted by Crippen LogP contribution is 2.66. The number of imidazole rings is 1. The number of benzene rings is 6. The molecule has 0 saturated heterocycles. The number of hydrogen-bond acceptors (Lipinski definition) is 2. The molecule has 0 bridgehead atoms. The predicted molar refractivity (Wildman–Crippen MR) is 178 cm³/mol. The fourth-order valence-corrected chi connectivity index (χ4v) is 9.19. The molecule has 0 fully saturated rings. The van der Waals surface area contributed by atoms with E-state index < -0.39 is 0 Å². The first-order valence-corrected chi connectivity index (χ1v) is 15.6. The molecular formula is C40H24N2S. The van der Waals surface area contributed by atoms with Crippen molar-refractivity contribution in [2.24, 2.45) is 0 Å². The molecule has 0 aliphatic heterocycles. The quantitative estimate of drug-likeness (QED) is 0.204. The third-order valence-electron chi connectivity index (χ3n) is 9.41. The maximum absolute atomic E-state index is 5.24. The number of aromatic nitrogens is 2. The lowest BCUT2D eigenvalue weighted by Gasteiger charge is -2.29. The van der Waals surface area contributed by atoms with Gasteiger partial charge in [0.1, 0.15) is 5.82 Å². The summed E-state index contributed by atoms with van der Waals surface area (Å²) >= 11 is 1.95. The van der Waals surface area contributed by atoms with Gasteiger partial charge in [-0.05, 0) is 69.8 Å². The first kappa shape index (κ1) is 23.3. The smallest absolute Gasteiger partial charge is 0.145 e. The Labute approximate surface area is 253 Å². The van der Waals surface area contributed by atoms with Crippen molar-refractivity contribution in [3.63, 3.8) is 0 Å². The van der Waals surface area contributed by atoms with Crippen LogP contribution in [0.15, 0.2) is 146 Å². The molecule has 0 N–H and O–H groups in total. The third kappa shape index (κ3) is 2.90. The minimum Gasteiger partial charge on any atom is -0.292 e. The predicted octanol–water partition coefficient (Wildman–Crippen LogP) is 10.3. The van der Waals surface area contributed by atoms with Gasteiger partial charge < -0.3 is 0 Å². The Kier molecular flexibility index (Phi) is 4.56. The Balaban J connectivity index is 1.32. The summed E-state index contributed by atoms with van der Waals surface area (Å²) in [4.78, 5) is 6.66. The fraction of sp³-hybridized carbons (Fsp3) is 0.0250. The molecule has 10 rings (SSSR count). The van der Waals surface area contributed by atoms with Crippen molar-refractivity contribution in [1.29, 1.82) is 0 Å². The second-order valence-electron chi connectivity index (χ2n) is 11.5. The Hall–Kier alpha value is -5.25. The number of rotatable bonds is 2. The van der Waals surface area contributed by atoms with Gasteiger partial charge in [-0.1, -0.05) is 109 Å². The van der Waals surface area contributed by atoms with Crippen LogP contribution in [0.1, 0.15) is 21.6 Å². The van der Waals surface area contributed by atoms with Gasteiger partial charge in [0, 0.05) is 31.8 Å². The van der Waals surface area contributed by atoms with Crippen molar-refractivity contribution in [2.45, 2.75) is 5.41 Å². The molecular weight excluding hydrogens is 541 g/mol. The Morgan fingerprint density at radius 3 is 2.12 bits per heavy atom. The average molecular weight is 565 g/mol. The lowest BCUT2D eigenvalue weighted by Crippen LogP contribution is -2.25. The van der Waals surface area contributed by atoms with Crippen molar-refractivity contribution in [1.82, 2.24) is 9.55 Å². The molecule has 2 aromatic heterocycles. The van der Waals surface area contributed by atoms with Gasteiger partial charge in [-0.2, -0.15) is 0 Å². The van der Waals surface area contributed by atoms with E-state index in [4.69, 9.17) is 4.98 Å². The maximum atomic E-state index is 5.24. The van der Waals surface area contributed by atoms with Crippen LogP contribution in [0.25, 0.3) is 60.4 Å². The summed E-state index contributed by atoms with van der Waals surface area (Å²) in [6.45, 7) is 0. The van der Waals surface area contributed by atoms with Crippen LogP contribution in [-0.2, 0) is 5.41 Å². The number of fused-ring (bicyclic) bond motifs is 13. The van der Waals surface area contributed by atoms with Crippen LogP contribution in [0.2, 0.25) is 0 Å². The molecule has 43 heavy (non-hydrogen) atoms. The molecule has 0 radical (unpaired) electrons. The maximum Gasteiger partial charge on any atom is 0.145 e. The van der Waals surface area contributed by atoms with E-state index in [1.807, 2.05) is 11.3 Å². The molecule has 2 nitrogen and oxygen atoms in total. The zero-order valence-corrected chi connectivity index (χ0v) is 24.0. The number of nitrogens with zero attached hydrogens (tertiary/aromatic N) is 2. The molecule has 1 spiro atoms.